The Hall–Kier alpha value is -1.11. The molecule has 4 atom stereocenters. The molecule has 24 heavy (non-hydrogen) atoms. The Balaban J connectivity index is 1.27. The molecule has 0 aliphatic heterocycles. The maximum absolute atomic E-state index is 12.3. The lowest BCUT2D eigenvalue weighted by atomic mass is 9.84. The van der Waals surface area contributed by atoms with Gasteiger partial charge in [0.15, 0.2) is 0 Å². The lowest BCUT2D eigenvalue weighted by Gasteiger charge is -2.28. The van der Waals surface area contributed by atoms with Crippen LogP contribution in [0, 0.1) is 17.8 Å². The molecule has 0 radical (unpaired) electrons. The van der Waals surface area contributed by atoms with Gasteiger partial charge in [0.25, 0.3) is 0 Å². The number of carbonyl (C=O) groups is 1. The molecule has 1 N–H and O–H groups in total. The van der Waals surface area contributed by atoms with Crippen molar-refractivity contribution in [2.24, 2.45) is 17.8 Å². The van der Waals surface area contributed by atoms with Crippen LogP contribution >= 0.6 is 11.8 Å². The summed E-state index contributed by atoms with van der Waals surface area (Å²) < 4.78 is 1.92. The van der Waals surface area contributed by atoms with E-state index in [0.717, 1.165) is 29.8 Å². The molecule has 0 saturated heterocycles. The minimum Gasteiger partial charge on any atom is -0.353 e. The van der Waals surface area contributed by atoms with Gasteiger partial charge >= 0.3 is 0 Å². The van der Waals surface area contributed by atoms with Gasteiger partial charge < -0.3 is 5.32 Å². The van der Waals surface area contributed by atoms with Crippen molar-refractivity contribution in [3.05, 3.63) is 0 Å². The van der Waals surface area contributed by atoms with E-state index in [9.17, 15) is 4.79 Å². The molecule has 132 valence electrons. The van der Waals surface area contributed by atoms with Crippen molar-refractivity contribution >= 4 is 17.7 Å². The summed E-state index contributed by atoms with van der Waals surface area (Å²) in [6.45, 7) is 2.18. The number of thioether (sulfide) groups is 1. The minimum absolute atomic E-state index is 0.108. The largest absolute Gasteiger partial charge is 0.353 e. The SMILES string of the molecule is C[C@@H](NC(=O)CSc1nnnn1C1CCCC1)[C@@H]1C[C@H]2CC[C@H]1C2. The molecule has 1 aromatic heterocycles. The fourth-order valence-corrected chi connectivity index (χ4v) is 5.85. The zero-order valence-electron chi connectivity index (χ0n) is 14.4. The van der Waals surface area contributed by atoms with E-state index in [1.165, 1.54) is 50.3 Å². The Morgan fingerprint density at radius 2 is 2.12 bits per heavy atom. The van der Waals surface area contributed by atoms with Gasteiger partial charge in [-0.3, -0.25) is 4.79 Å². The average Bonchev–Trinajstić information content (AvgIpc) is 3.36. The van der Waals surface area contributed by atoms with Crippen molar-refractivity contribution in [2.75, 3.05) is 5.75 Å². The van der Waals surface area contributed by atoms with E-state index in [-0.39, 0.29) is 5.91 Å². The molecule has 1 aromatic rings. The molecule has 3 aliphatic rings. The number of hydrogen-bond acceptors (Lipinski definition) is 5. The van der Waals surface area contributed by atoms with Gasteiger partial charge in [-0.15, -0.1) is 5.10 Å². The monoisotopic (exact) mass is 349 g/mol. The summed E-state index contributed by atoms with van der Waals surface area (Å²) in [6.07, 6.45) is 10.2. The Morgan fingerprint density at radius 1 is 1.29 bits per heavy atom. The first-order chi connectivity index (χ1) is 11.7. The molecule has 7 heteroatoms. The van der Waals surface area contributed by atoms with Gasteiger partial charge in [0.1, 0.15) is 0 Å². The predicted octanol–water partition coefficient (Wildman–Crippen LogP) is 2.82. The van der Waals surface area contributed by atoms with Crippen LogP contribution in [-0.2, 0) is 4.79 Å². The first-order valence-corrected chi connectivity index (χ1v) is 10.4. The van der Waals surface area contributed by atoms with Crippen LogP contribution in [0.3, 0.4) is 0 Å². The average molecular weight is 350 g/mol. The third-order valence-corrected chi connectivity index (χ3v) is 7.22. The number of rotatable bonds is 6. The maximum Gasteiger partial charge on any atom is 0.230 e. The predicted molar refractivity (Wildman–Crippen MR) is 92.6 cm³/mol. The number of hydrogen-bond donors (Lipinski definition) is 1. The molecule has 3 fully saturated rings. The molecule has 3 aliphatic carbocycles. The summed E-state index contributed by atoms with van der Waals surface area (Å²) in [5, 5.41) is 16.0. The number of carbonyl (C=O) groups excluding carboxylic acids is 1. The van der Waals surface area contributed by atoms with Gasteiger partial charge in [0, 0.05) is 6.04 Å². The van der Waals surface area contributed by atoms with Crippen molar-refractivity contribution < 1.29 is 4.79 Å². The van der Waals surface area contributed by atoms with Crippen molar-refractivity contribution in [1.29, 1.82) is 0 Å². The highest BCUT2D eigenvalue weighted by Gasteiger charge is 2.42. The molecular formula is C17H27N5OS. The standard InChI is InChI=1S/C17H27N5OS/c1-11(15-9-12-6-7-13(15)8-12)18-16(23)10-24-17-19-20-21-22(17)14-4-2-3-5-14/h11-15H,2-10H2,1H3,(H,18,23)/t11-,12+,13+,15+/m1/s1. The zero-order chi connectivity index (χ0) is 16.5. The lowest BCUT2D eigenvalue weighted by molar-refractivity contribution is -0.119. The van der Waals surface area contributed by atoms with Crippen LogP contribution in [0.15, 0.2) is 5.16 Å². The fourth-order valence-electron chi connectivity index (χ4n) is 5.10. The van der Waals surface area contributed by atoms with Crippen LogP contribution in [-0.4, -0.2) is 37.9 Å². The number of aromatic nitrogens is 4. The molecule has 1 heterocycles. The number of nitrogens with zero attached hydrogens (tertiary/aromatic N) is 4. The highest BCUT2D eigenvalue weighted by atomic mass is 32.2. The summed E-state index contributed by atoms with van der Waals surface area (Å²) in [4.78, 5) is 12.3. The van der Waals surface area contributed by atoms with Crippen LogP contribution in [0.2, 0.25) is 0 Å². The van der Waals surface area contributed by atoms with E-state index in [1.807, 2.05) is 4.68 Å². The fraction of sp³-hybridized carbons (Fsp3) is 0.882. The van der Waals surface area contributed by atoms with Crippen molar-refractivity contribution in [2.45, 2.75) is 75.5 Å². The van der Waals surface area contributed by atoms with Crippen LogP contribution < -0.4 is 5.32 Å². The minimum atomic E-state index is 0.108. The normalized spacial score (nSPS) is 30.8. The summed E-state index contributed by atoms with van der Waals surface area (Å²) in [6, 6.07) is 0.706. The highest BCUT2D eigenvalue weighted by Crippen LogP contribution is 2.49. The maximum atomic E-state index is 12.3. The van der Waals surface area contributed by atoms with Crippen LogP contribution in [0.1, 0.15) is 64.3 Å². The molecule has 1 amide bonds. The van der Waals surface area contributed by atoms with Crippen molar-refractivity contribution in [1.82, 2.24) is 25.5 Å². The van der Waals surface area contributed by atoms with Crippen LogP contribution in [0.25, 0.3) is 0 Å². The second-order valence-corrected chi connectivity index (χ2v) is 8.77. The van der Waals surface area contributed by atoms with Gasteiger partial charge in [0.05, 0.1) is 11.8 Å². The summed E-state index contributed by atoms with van der Waals surface area (Å²) >= 11 is 1.46. The molecule has 0 aromatic carbocycles. The topological polar surface area (TPSA) is 72.7 Å². The Kier molecular flexibility index (Phi) is 4.79. The molecule has 0 unspecified atom stereocenters. The van der Waals surface area contributed by atoms with Crippen molar-refractivity contribution in [3.63, 3.8) is 0 Å². The van der Waals surface area contributed by atoms with Gasteiger partial charge in [-0.05, 0) is 67.2 Å². The first-order valence-electron chi connectivity index (χ1n) is 9.40. The highest BCUT2D eigenvalue weighted by molar-refractivity contribution is 7.99. The van der Waals surface area contributed by atoms with Gasteiger partial charge in [-0.1, -0.05) is 31.0 Å². The van der Waals surface area contributed by atoms with Gasteiger partial charge in [-0.2, -0.15) is 0 Å². The lowest BCUT2D eigenvalue weighted by Crippen LogP contribution is -2.41. The second kappa shape index (κ2) is 7.02. The Bertz CT molecular complexity index is 585. The van der Waals surface area contributed by atoms with E-state index < -0.39 is 0 Å². The number of amides is 1. The molecule has 0 spiro atoms. The Labute approximate surface area is 147 Å². The van der Waals surface area contributed by atoms with E-state index in [4.69, 9.17) is 0 Å². The zero-order valence-corrected chi connectivity index (χ0v) is 15.2. The van der Waals surface area contributed by atoms with E-state index in [0.29, 0.717) is 23.8 Å². The number of fused-ring (bicyclic) bond motifs is 2. The molecule has 3 saturated carbocycles. The molecule has 2 bridgehead atoms. The summed E-state index contributed by atoms with van der Waals surface area (Å²) in [5.74, 6) is 2.95. The molecular weight excluding hydrogens is 322 g/mol. The van der Waals surface area contributed by atoms with Crippen LogP contribution in [0.5, 0.6) is 0 Å². The number of tetrazole rings is 1. The smallest absolute Gasteiger partial charge is 0.230 e. The van der Waals surface area contributed by atoms with Gasteiger partial charge in [-0.25, -0.2) is 4.68 Å². The number of nitrogens with one attached hydrogen (secondary N) is 1. The van der Waals surface area contributed by atoms with E-state index in [1.54, 1.807) is 0 Å². The van der Waals surface area contributed by atoms with Crippen molar-refractivity contribution in [3.8, 4) is 0 Å². The third-order valence-electron chi connectivity index (χ3n) is 6.29. The third kappa shape index (κ3) is 3.32. The van der Waals surface area contributed by atoms with Crippen LogP contribution in [0.4, 0.5) is 0 Å². The van der Waals surface area contributed by atoms with E-state index in [2.05, 4.69) is 27.8 Å². The van der Waals surface area contributed by atoms with E-state index >= 15 is 0 Å². The second-order valence-electron chi connectivity index (χ2n) is 7.83. The molecule has 4 rings (SSSR count). The van der Waals surface area contributed by atoms with Gasteiger partial charge in [0.2, 0.25) is 11.1 Å². The first kappa shape index (κ1) is 16.4. The molecule has 6 nitrogen and oxygen atoms in total. The summed E-state index contributed by atoms with van der Waals surface area (Å²) in [5.41, 5.74) is 0. The summed E-state index contributed by atoms with van der Waals surface area (Å²) in [7, 11) is 0. The Morgan fingerprint density at radius 3 is 2.83 bits per heavy atom. The quantitative estimate of drug-likeness (QED) is 0.800.